The lowest BCUT2D eigenvalue weighted by atomic mass is 10.1. The van der Waals surface area contributed by atoms with Gasteiger partial charge in [0.1, 0.15) is 5.82 Å². The Hall–Kier alpha value is -1.71. The van der Waals surface area contributed by atoms with E-state index in [-0.39, 0.29) is 5.82 Å². The Balaban J connectivity index is 1.60. The van der Waals surface area contributed by atoms with Crippen molar-refractivity contribution in [3.63, 3.8) is 0 Å². The zero-order chi connectivity index (χ0) is 14.2. The maximum atomic E-state index is 13.4. The SMILES string of the molecule is Cc1ccc(CNCCNCc2ccccc2F)cc1. The van der Waals surface area contributed by atoms with Gasteiger partial charge in [-0.25, -0.2) is 4.39 Å². The number of rotatable bonds is 7. The minimum atomic E-state index is -0.146. The van der Waals surface area contributed by atoms with E-state index in [4.69, 9.17) is 0 Å². The highest BCUT2D eigenvalue weighted by atomic mass is 19.1. The van der Waals surface area contributed by atoms with Gasteiger partial charge in [-0.3, -0.25) is 0 Å². The molecule has 3 heteroatoms. The summed E-state index contributed by atoms with van der Waals surface area (Å²) in [6.07, 6.45) is 0. The molecule has 0 saturated heterocycles. The van der Waals surface area contributed by atoms with Gasteiger partial charge in [0.15, 0.2) is 0 Å². The van der Waals surface area contributed by atoms with Crippen LogP contribution in [0.25, 0.3) is 0 Å². The molecule has 0 saturated carbocycles. The summed E-state index contributed by atoms with van der Waals surface area (Å²) in [6, 6.07) is 15.4. The quantitative estimate of drug-likeness (QED) is 0.757. The van der Waals surface area contributed by atoms with Gasteiger partial charge < -0.3 is 10.6 Å². The number of halogens is 1. The molecule has 0 radical (unpaired) electrons. The van der Waals surface area contributed by atoms with Crippen LogP contribution in [0.5, 0.6) is 0 Å². The van der Waals surface area contributed by atoms with Crippen LogP contribution in [0.1, 0.15) is 16.7 Å². The lowest BCUT2D eigenvalue weighted by Gasteiger charge is -2.08. The summed E-state index contributed by atoms with van der Waals surface area (Å²) in [6.45, 7) is 5.20. The van der Waals surface area contributed by atoms with Crippen molar-refractivity contribution in [2.75, 3.05) is 13.1 Å². The van der Waals surface area contributed by atoms with E-state index in [1.807, 2.05) is 12.1 Å². The van der Waals surface area contributed by atoms with Crippen molar-refractivity contribution in [3.8, 4) is 0 Å². The molecule has 0 aromatic heterocycles. The first-order valence-corrected chi connectivity index (χ1v) is 6.96. The third kappa shape index (κ3) is 4.76. The molecule has 0 atom stereocenters. The van der Waals surface area contributed by atoms with Gasteiger partial charge in [0.25, 0.3) is 0 Å². The van der Waals surface area contributed by atoms with E-state index >= 15 is 0 Å². The zero-order valence-electron chi connectivity index (χ0n) is 11.8. The maximum Gasteiger partial charge on any atom is 0.127 e. The Morgan fingerprint density at radius 1 is 0.850 bits per heavy atom. The number of hydrogen-bond acceptors (Lipinski definition) is 2. The minimum absolute atomic E-state index is 0.146. The lowest BCUT2D eigenvalue weighted by molar-refractivity contribution is 0.573. The molecule has 0 aliphatic rings. The first-order chi connectivity index (χ1) is 9.75. The van der Waals surface area contributed by atoms with Gasteiger partial charge in [0.2, 0.25) is 0 Å². The van der Waals surface area contributed by atoms with Gasteiger partial charge in [0.05, 0.1) is 0 Å². The average molecular weight is 272 g/mol. The molecule has 0 amide bonds. The Kier molecular flexibility index (Phi) is 5.71. The Morgan fingerprint density at radius 3 is 2.20 bits per heavy atom. The van der Waals surface area contributed by atoms with Gasteiger partial charge in [0, 0.05) is 31.7 Å². The minimum Gasteiger partial charge on any atom is -0.311 e. The van der Waals surface area contributed by atoms with Crippen LogP contribution in [-0.2, 0) is 13.1 Å². The first-order valence-electron chi connectivity index (χ1n) is 6.96. The van der Waals surface area contributed by atoms with Crippen molar-refractivity contribution in [2.45, 2.75) is 20.0 Å². The van der Waals surface area contributed by atoms with Crippen LogP contribution >= 0.6 is 0 Å². The molecular weight excluding hydrogens is 251 g/mol. The summed E-state index contributed by atoms with van der Waals surface area (Å²) in [5.74, 6) is -0.146. The summed E-state index contributed by atoms with van der Waals surface area (Å²) >= 11 is 0. The number of aryl methyl sites for hydroxylation is 1. The predicted octanol–water partition coefficient (Wildman–Crippen LogP) is 3.01. The third-order valence-electron chi connectivity index (χ3n) is 3.20. The van der Waals surface area contributed by atoms with Gasteiger partial charge in [-0.2, -0.15) is 0 Å². The molecule has 0 spiro atoms. The van der Waals surface area contributed by atoms with E-state index in [0.717, 1.165) is 19.6 Å². The second kappa shape index (κ2) is 7.78. The van der Waals surface area contributed by atoms with Crippen molar-refractivity contribution in [1.29, 1.82) is 0 Å². The van der Waals surface area contributed by atoms with Crippen molar-refractivity contribution >= 4 is 0 Å². The molecule has 0 aliphatic heterocycles. The van der Waals surface area contributed by atoms with Crippen LogP contribution in [0.3, 0.4) is 0 Å². The standard InChI is InChI=1S/C17H21FN2/c1-14-6-8-15(9-7-14)12-19-10-11-20-13-16-4-2-3-5-17(16)18/h2-9,19-20H,10-13H2,1H3. The number of nitrogens with one attached hydrogen (secondary N) is 2. The average Bonchev–Trinajstić information content (AvgIpc) is 2.46. The lowest BCUT2D eigenvalue weighted by Crippen LogP contribution is -2.27. The molecule has 0 fully saturated rings. The Bertz CT molecular complexity index is 523. The second-order valence-corrected chi connectivity index (χ2v) is 4.93. The molecule has 2 aromatic carbocycles. The van der Waals surface area contributed by atoms with Gasteiger partial charge >= 0.3 is 0 Å². The topological polar surface area (TPSA) is 24.1 Å². The van der Waals surface area contributed by atoms with Gasteiger partial charge in [-0.15, -0.1) is 0 Å². The van der Waals surface area contributed by atoms with Crippen LogP contribution in [0.4, 0.5) is 4.39 Å². The largest absolute Gasteiger partial charge is 0.311 e. The second-order valence-electron chi connectivity index (χ2n) is 4.93. The fourth-order valence-electron chi connectivity index (χ4n) is 1.98. The Morgan fingerprint density at radius 2 is 1.50 bits per heavy atom. The molecule has 2 rings (SSSR count). The van der Waals surface area contributed by atoms with Crippen LogP contribution in [-0.4, -0.2) is 13.1 Å². The summed E-state index contributed by atoms with van der Waals surface area (Å²) in [7, 11) is 0. The molecule has 106 valence electrons. The monoisotopic (exact) mass is 272 g/mol. The van der Waals surface area contributed by atoms with E-state index in [0.29, 0.717) is 12.1 Å². The molecule has 0 bridgehead atoms. The fraction of sp³-hybridized carbons (Fsp3) is 0.294. The summed E-state index contributed by atoms with van der Waals surface area (Å²) in [4.78, 5) is 0. The van der Waals surface area contributed by atoms with E-state index in [2.05, 4.69) is 41.8 Å². The summed E-state index contributed by atoms with van der Waals surface area (Å²) in [5, 5.41) is 6.60. The molecule has 0 heterocycles. The van der Waals surface area contributed by atoms with E-state index in [1.54, 1.807) is 6.07 Å². The molecule has 20 heavy (non-hydrogen) atoms. The normalized spacial score (nSPS) is 10.7. The number of benzene rings is 2. The first kappa shape index (κ1) is 14.7. The van der Waals surface area contributed by atoms with E-state index < -0.39 is 0 Å². The van der Waals surface area contributed by atoms with Crippen LogP contribution in [0, 0.1) is 12.7 Å². The molecule has 0 aliphatic carbocycles. The van der Waals surface area contributed by atoms with E-state index in [9.17, 15) is 4.39 Å². The highest BCUT2D eigenvalue weighted by Crippen LogP contribution is 2.05. The van der Waals surface area contributed by atoms with Gasteiger partial charge in [-0.1, -0.05) is 48.0 Å². The van der Waals surface area contributed by atoms with Crippen LogP contribution in [0.2, 0.25) is 0 Å². The molecule has 2 N–H and O–H groups in total. The highest BCUT2D eigenvalue weighted by Gasteiger charge is 1.99. The van der Waals surface area contributed by atoms with Gasteiger partial charge in [-0.05, 0) is 18.6 Å². The smallest absolute Gasteiger partial charge is 0.127 e. The van der Waals surface area contributed by atoms with Crippen molar-refractivity contribution in [3.05, 3.63) is 71.0 Å². The van der Waals surface area contributed by atoms with E-state index in [1.165, 1.54) is 17.2 Å². The van der Waals surface area contributed by atoms with Crippen LogP contribution < -0.4 is 10.6 Å². The molecule has 2 nitrogen and oxygen atoms in total. The van der Waals surface area contributed by atoms with Crippen molar-refractivity contribution < 1.29 is 4.39 Å². The molecule has 2 aromatic rings. The van der Waals surface area contributed by atoms with Crippen molar-refractivity contribution in [1.82, 2.24) is 10.6 Å². The Labute approximate surface area is 120 Å². The third-order valence-corrected chi connectivity index (χ3v) is 3.20. The summed E-state index contributed by atoms with van der Waals surface area (Å²) < 4.78 is 13.4. The zero-order valence-corrected chi connectivity index (χ0v) is 11.8. The maximum absolute atomic E-state index is 13.4. The number of hydrogen-bond donors (Lipinski definition) is 2. The molecule has 0 unspecified atom stereocenters. The highest BCUT2D eigenvalue weighted by molar-refractivity contribution is 5.21. The van der Waals surface area contributed by atoms with Crippen LogP contribution in [0.15, 0.2) is 48.5 Å². The fourth-order valence-corrected chi connectivity index (χ4v) is 1.98. The molecular formula is C17H21FN2. The summed E-state index contributed by atoms with van der Waals surface area (Å²) in [5.41, 5.74) is 3.27. The van der Waals surface area contributed by atoms with Crippen molar-refractivity contribution in [2.24, 2.45) is 0 Å². The predicted molar refractivity (Wildman–Crippen MR) is 81.0 cm³/mol.